The second-order valence-electron chi connectivity index (χ2n) is 5.92. The molecule has 1 aromatic rings. The summed E-state index contributed by atoms with van der Waals surface area (Å²) in [4.78, 5) is 2.50. The van der Waals surface area contributed by atoms with E-state index in [9.17, 15) is 0 Å². The Hall–Kier alpha value is -0.800. The first-order chi connectivity index (χ1) is 8.63. The number of hydrogen-bond donors (Lipinski definition) is 1. The van der Waals surface area contributed by atoms with Crippen LogP contribution in [0.5, 0.6) is 0 Å². The Bertz CT molecular complexity index is 351. The van der Waals surface area contributed by atoms with Crippen LogP contribution >= 0.6 is 0 Å². The Morgan fingerprint density at radius 2 is 2.11 bits per heavy atom. The Balaban J connectivity index is 1.79. The van der Waals surface area contributed by atoms with E-state index < -0.39 is 0 Å². The highest BCUT2D eigenvalue weighted by molar-refractivity contribution is 5.12. The van der Waals surface area contributed by atoms with Gasteiger partial charge in [0.25, 0.3) is 0 Å². The average molecular weight is 250 g/mol. The molecule has 0 atom stereocenters. The predicted molar refractivity (Wildman–Crippen MR) is 74.4 cm³/mol. The number of furan rings is 1. The lowest BCUT2D eigenvalue weighted by Crippen LogP contribution is -2.32. The smallest absolute Gasteiger partial charge is 0.118 e. The molecule has 1 N–H and O–H groups in total. The molecule has 3 nitrogen and oxygen atoms in total. The average Bonchev–Trinajstić information content (AvgIpc) is 2.77. The monoisotopic (exact) mass is 250 g/mol. The number of likely N-dealkylation sites (tertiary alicyclic amines) is 1. The highest BCUT2D eigenvalue weighted by atomic mass is 16.3. The van der Waals surface area contributed by atoms with Gasteiger partial charge in [0, 0.05) is 18.2 Å². The summed E-state index contributed by atoms with van der Waals surface area (Å²) in [5.41, 5.74) is 1.25. The van der Waals surface area contributed by atoms with Crippen molar-refractivity contribution in [2.45, 2.75) is 52.7 Å². The maximum absolute atomic E-state index is 5.64. The lowest BCUT2D eigenvalue weighted by Gasteiger charge is -2.29. The van der Waals surface area contributed by atoms with E-state index in [1.165, 1.54) is 31.5 Å². The summed E-state index contributed by atoms with van der Waals surface area (Å²) in [7, 11) is 0. The van der Waals surface area contributed by atoms with Crippen LogP contribution in [0.3, 0.4) is 0 Å². The molecule has 0 unspecified atom stereocenters. The molecular formula is C15H26N2O. The van der Waals surface area contributed by atoms with E-state index in [0.717, 1.165) is 24.8 Å². The molecular weight excluding hydrogens is 224 g/mol. The Morgan fingerprint density at radius 3 is 2.78 bits per heavy atom. The van der Waals surface area contributed by atoms with Gasteiger partial charge in [0.1, 0.15) is 5.76 Å². The van der Waals surface area contributed by atoms with E-state index >= 15 is 0 Å². The summed E-state index contributed by atoms with van der Waals surface area (Å²) in [5, 5.41) is 3.41. The van der Waals surface area contributed by atoms with E-state index in [1.807, 2.05) is 6.26 Å². The van der Waals surface area contributed by atoms with Crippen molar-refractivity contribution in [1.82, 2.24) is 10.2 Å². The van der Waals surface area contributed by atoms with Gasteiger partial charge in [0.15, 0.2) is 0 Å². The third-order valence-corrected chi connectivity index (χ3v) is 3.68. The van der Waals surface area contributed by atoms with Crippen molar-refractivity contribution in [2.24, 2.45) is 5.92 Å². The quantitative estimate of drug-likeness (QED) is 0.871. The first-order valence-corrected chi connectivity index (χ1v) is 7.15. The lowest BCUT2D eigenvalue weighted by molar-refractivity contribution is 0.173. The van der Waals surface area contributed by atoms with Crippen LogP contribution in [0.15, 0.2) is 16.7 Å². The molecule has 2 heterocycles. The van der Waals surface area contributed by atoms with Crippen molar-refractivity contribution < 1.29 is 4.42 Å². The minimum atomic E-state index is 0.520. The molecule has 1 aromatic heterocycles. The van der Waals surface area contributed by atoms with Gasteiger partial charge in [-0.15, -0.1) is 0 Å². The Labute approximate surface area is 111 Å². The zero-order valence-electron chi connectivity index (χ0n) is 11.9. The SMILES string of the molecule is CC1CCN(Cc2cc(CNC(C)C)co2)CC1. The van der Waals surface area contributed by atoms with Crippen molar-refractivity contribution >= 4 is 0 Å². The number of nitrogens with zero attached hydrogens (tertiary/aromatic N) is 1. The molecule has 1 aliphatic rings. The molecule has 0 radical (unpaired) electrons. The number of hydrogen-bond acceptors (Lipinski definition) is 3. The van der Waals surface area contributed by atoms with E-state index in [2.05, 4.69) is 37.1 Å². The molecule has 102 valence electrons. The topological polar surface area (TPSA) is 28.4 Å². The molecule has 1 saturated heterocycles. The molecule has 3 heteroatoms. The molecule has 2 rings (SSSR count). The van der Waals surface area contributed by atoms with Crippen molar-refractivity contribution in [3.05, 3.63) is 23.7 Å². The number of nitrogens with one attached hydrogen (secondary N) is 1. The fourth-order valence-corrected chi connectivity index (χ4v) is 2.36. The van der Waals surface area contributed by atoms with Gasteiger partial charge in [-0.3, -0.25) is 4.90 Å². The first kappa shape index (κ1) is 13.6. The fourth-order valence-electron chi connectivity index (χ4n) is 2.36. The predicted octanol–water partition coefficient (Wildman–Crippen LogP) is 3.01. The molecule has 0 aromatic carbocycles. The van der Waals surface area contributed by atoms with E-state index in [0.29, 0.717) is 6.04 Å². The number of piperidine rings is 1. The minimum absolute atomic E-state index is 0.520. The largest absolute Gasteiger partial charge is 0.468 e. The van der Waals surface area contributed by atoms with Crippen molar-refractivity contribution in [2.75, 3.05) is 13.1 Å². The van der Waals surface area contributed by atoms with E-state index in [-0.39, 0.29) is 0 Å². The normalized spacial score (nSPS) is 18.7. The minimum Gasteiger partial charge on any atom is -0.468 e. The molecule has 1 aliphatic heterocycles. The molecule has 0 spiro atoms. The van der Waals surface area contributed by atoms with Crippen LogP contribution in [0.2, 0.25) is 0 Å². The molecule has 18 heavy (non-hydrogen) atoms. The Morgan fingerprint density at radius 1 is 1.39 bits per heavy atom. The second-order valence-corrected chi connectivity index (χ2v) is 5.92. The van der Waals surface area contributed by atoms with Crippen LogP contribution < -0.4 is 5.32 Å². The first-order valence-electron chi connectivity index (χ1n) is 7.15. The standard InChI is InChI=1S/C15H26N2O/c1-12(2)16-9-14-8-15(18-11-14)10-17-6-4-13(3)5-7-17/h8,11-13,16H,4-7,9-10H2,1-3H3. The summed E-state index contributed by atoms with van der Waals surface area (Å²) in [5.74, 6) is 1.99. The van der Waals surface area contributed by atoms with Gasteiger partial charge in [-0.2, -0.15) is 0 Å². The third kappa shape index (κ3) is 4.14. The summed E-state index contributed by atoms with van der Waals surface area (Å²) < 4.78 is 5.64. The maximum atomic E-state index is 5.64. The van der Waals surface area contributed by atoms with Gasteiger partial charge < -0.3 is 9.73 Å². The van der Waals surface area contributed by atoms with Crippen LogP contribution in [0.1, 0.15) is 44.9 Å². The summed E-state index contributed by atoms with van der Waals surface area (Å²) in [6, 6.07) is 2.71. The molecule has 0 aliphatic carbocycles. The van der Waals surface area contributed by atoms with Crippen molar-refractivity contribution in [3.63, 3.8) is 0 Å². The molecule has 1 fully saturated rings. The van der Waals surface area contributed by atoms with Gasteiger partial charge in [0.2, 0.25) is 0 Å². The van der Waals surface area contributed by atoms with Crippen LogP contribution in [0, 0.1) is 5.92 Å². The Kier molecular flexibility index (Phi) is 4.84. The highest BCUT2D eigenvalue weighted by Gasteiger charge is 2.16. The second kappa shape index (κ2) is 6.39. The molecule has 0 amide bonds. The highest BCUT2D eigenvalue weighted by Crippen LogP contribution is 2.19. The van der Waals surface area contributed by atoms with Gasteiger partial charge in [-0.05, 0) is 37.9 Å². The maximum Gasteiger partial charge on any atom is 0.118 e. The summed E-state index contributed by atoms with van der Waals surface area (Å²) in [6.45, 7) is 11.0. The van der Waals surface area contributed by atoms with E-state index in [4.69, 9.17) is 4.42 Å². The van der Waals surface area contributed by atoms with Crippen LogP contribution in [0.25, 0.3) is 0 Å². The van der Waals surface area contributed by atoms with Gasteiger partial charge in [-0.1, -0.05) is 20.8 Å². The number of rotatable bonds is 5. The fraction of sp³-hybridized carbons (Fsp3) is 0.733. The van der Waals surface area contributed by atoms with Gasteiger partial charge >= 0.3 is 0 Å². The van der Waals surface area contributed by atoms with Gasteiger partial charge in [-0.25, -0.2) is 0 Å². The zero-order valence-corrected chi connectivity index (χ0v) is 11.9. The van der Waals surface area contributed by atoms with Gasteiger partial charge in [0.05, 0.1) is 12.8 Å². The summed E-state index contributed by atoms with van der Waals surface area (Å²) >= 11 is 0. The van der Waals surface area contributed by atoms with Crippen molar-refractivity contribution in [3.8, 4) is 0 Å². The molecule has 0 bridgehead atoms. The zero-order chi connectivity index (χ0) is 13.0. The third-order valence-electron chi connectivity index (χ3n) is 3.68. The summed E-state index contributed by atoms with van der Waals surface area (Å²) in [6.07, 6.45) is 4.53. The van der Waals surface area contributed by atoms with Crippen LogP contribution in [0.4, 0.5) is 0 Å². The van der Waals surface area contributed by atoms with Crippen LogP contribution in [-0.2, 0) is 13.1 Å². The van der Waals surface area contributed by atoms with Crippen LogP contribution in [-0.4, -0.2) is 24.0 Å². The van der Waals surface area contributed by atoms with E-state index in [1.54, 1.807) is 0 Å². The molecule has 0 saturated carbocycles. The van der Waals surface area contributed by atoms with Crippen molar-refractivity contribution in [1.29, 1.82) is 0 Å². The lowest BCUT2D eigenvalue weighted by atomic mass is 9.99.